The van der Waals surface area contributed by atoms with E-state index in [4.69, 9.17) is 0 Å². The molecule has 0 radical (unpaired) electrons. The maximum atomic E-state index is 13.0. The second-order valence-corrected chi connectivity index (χ2v) is 9.54. The van der Waals surface area contributed by atoms with Gasteiger partial charge >= 0.3 is 5.69 Å². The molecule has 2 amide bonds. The third-order valence-electron chi connectivity index (χ3n) is 7.16. The number of aromatic nitrogens is 2. The number of nitro groups is 1. The Kier molecular flexibility index (Phi) is 7.29. The fraction of sp³-hybridized carbons (Fsp3) is 0.560. The summed E-state index contributed by atoms with van der Waals surface area (Å²) in [5, 5.41) is 18.7. The molecule has 1 aromatic heterocycles. The van der Waals surface area contributed by atoms with Gasteiger partial charge in [0.15, 0.2) is 0 Å². The Morgan fingerprint density at radius 2 is 1.71 bits per heavy atom. The molecule has 1 saturated carbocycles. The molecule has 1 N–H and O–H groups in total. The van der Waals surface area contributed by atoms with Crippen LogP contribution >= 0.6 is 0 Å². The highest BCUT2D eigenvalue weighted by atomic mass is 16.6. The van der Waals surface area contributed by atoms with Gasteiger partial charge in [-0.3, -0.25) is 24.4 Å². The highest BCUT2D eigenvalue weighted by molar-refractivity contribution is 5.94. The molecule has 0 unspecified atom stereocenters. The molecule has 0 atom stereocenters. The van der Waals surface area contributed by atoms with Gasteiger partial charge in [-0.1, -0.05) is 31.4 Å². The monoisotopic (exact) mass is 467 g/mol. The van der Waals surface area contributed by atoms with Crippen molar-refractivity contribution in [1.29, 1.82) is 0 Å². The van der Waals surface area contributed by atoms with Gasteiger partial charge in [0, 0.05) is 30.6 Å². The molecule has 2 aromatic rings. The van der Waals surface area contributed by atoms with Crippen LogP contribution in [0.5, 0.6) is 0 Å². The van der Waals surface area contributed by atoms with Gasteiger partial charge in [-0.15, -0.1) is 0 Å². The Bertz CT molecular complexity index is 1050. The zero-order valence-electron chi connectivity index (χ0n) is 20.0. The third kappa shape index (κ3) is 5.29. The second-order valence-electron chi connectivity index (χ2n) is 9.54. The molecule has 0 bridgehead atoms. The van der Waals surface area contributed by atoms with Crippen LogP contribution in [0.2, 0.25) is 0 Å². The molecule has 2 heterocycles. The van der Waals surface area contributed by atoms with Crippen molar-refractivity contribution in [3.8, 4) is 0 Å². The van der Waals surface area contributed by atoms with Gasteiger partial charge in [-0.2, -0.15) is 5.10 Å². The van der Waals surface area contributed by atoms with Crippen LogP contribution in [-0.2, 0) is 11.3 Å². The average Bonchev–Trinajstić information content (AvgIpc) is 3.12. The summed E-state index contributed by atoms with van der Waals surface area (Å²) >= 11 is 0. The van der Waals surface area contributed by atoms with Gasteiger partial charge in [-0.05, 0) is 57.2 Å². The molecule has 1 aliphatic heterocycles. The number of aryl methyl sites for hydroxylation is 1. The lowest BCUT2D eigenvalue weighted by Crippen LogP contribution is -2.48. The lowest BCUT2D eigenvalue weighted by molar-refractivity contribution is -0.386. The number of carbonyl (C=O) groups excluding carboxylic acids is 2. The molecular weight excluding hydrogens is 434 g/mol. The molecule has 1 aliphatic carbocycles. The highest BCUT2D eigenvalue weighted by Gasteiger charge is 2.28. The number of piperidine rings is 1. The largest absolute Gasteiger partial charge is 0.353 e. The first-order valence-corrected chi connectivity index (χ1v) is 12.2. The van der Waals surface area contributed by atoms with E-state index in [1.165, 1.54) is 6.42 Å². The summed E-state index contributed by atoms with van der Waals surface area (Å²) in [4.78, 5) is 38.1. The number of likely N-dealkylation sites (tertiary alicyclic amines) is 1. The fourth-order valence-corrected chi connectivity index (χ4v) is 5.12. The first kappa shape index (κ1) is 23.9. The molecule has 9 nitrogen and oxygen atoms in total. The Morgan fingerprint density at radius 3 is 2.29 bits per heavy atom. The molecule has 4 rings (SSSR count). The van der Waals surface area contributed by atoms with Gasteiger partial charge < -0.3 is 10.2 Å². The van der Waals surface area contributed by atoms with E-state index in [0.29, 0.717) is 36.6 Å². The maximum absolute atomic E-state index is 13.0. The van der Waals surface area contributed by atoms with E-state index in [9.17, 15) is 19.7 Å². The van der Waals surface area contributed by atoms with E-state index in [0.717, 1.165) is 44.1 Å². The van der Waals surface area contributed by atoms with Crippen LogP contribution in [0.4, 0.5) is 5.69 Å². The van der Waals surface area contributed by atoms with Crippen LogP contribution in [0.1, 0.15) is 72.3 Å². The van der Waals surface area contributed by atoms with Crippen molar-refractivity contribution in [2.75, 3.05) is 13.1 Å². The lowest BCUT2D eigenvalue weighted by Gasteiger charge is -2.33. The van der Waals surface area contributed by atoms with Crippen molar-refractivity contribution < 1.29 is 14.5 Å². The van der Waals surface area contributed by atoms with Crippen LogP contribution in [0.25, 0.3) is 0 Å². The minimum Gasteiger partial charge on any atom is -0.353 e. The van der Waals surface area contributed by atoms with Crippen molar-refractivity contribution in [2.45, 2.75) is 71.4 Å². The SMILES string of the molecule is Cc1nn(Cc2ccc(C(=O)N3CCC(NC(=O)C4CCCCC4)CC3)cc2)c(C)c1[N+](=O)[O-]. The smallest absolute Gasteiger partial charge is 0.312 e. The quantitative estimate of drug-likeness (QED) is 0.514. The number of nitrogens with zero attached hydrogens (tertiary/aromatic N) is 4. The van der Waals surface area contributed by atoms with Crippen LogP contribution in [-0.4, -0.2) is 50.5 Å². The molecule has 34 heavy (non-hydrogen) atoms. The molecule has 2 aliphatic rings. The van der Waals surface area contributed by atoms with Crippen LogP contribution in [0.3, 0.4) is 0 Å². The average molecular weight is 468 g/mol. The standard InChI is InChI=1S/C25H33N5O4/c1-17-23(30(33)34)18(2)29(27-17)16-19-8-10-21(11-9-19)25(32)28-14-12-22(13-15-28)26-24(31)20-6-4-3-5-7-20/h8-11,20,22H,3-7,12-16H2,1-2H3,(H,26,31). The zero-order valence-corrected chi connectivity index (χ0v) is 20.0. The minimum absolute atomic E-state index is 0.00893. The van der Waals surface area contributed by atoms with Crippen LogP contribution < -0.4 is 5.32 Å². The number of benzene rings is 1. The van der Waals surface area contributed by atoms with Gasteiger partial charge in [0.25, 0.3) is 5.91 Å². The molecule has 182 valence electrons. The van der Waals surface area contributed by atoms with E-state index in [2.05, 4.69) is 10.4 Å². The number of amides is 2. The van der Waals surface area contributed by atoms with Crippen LogP contribution in [0, 0.1) is 29.9 Å². The number of rotatable bonds is 6. The number of hydrogen-bond acceptors (Lipinski definition) is 5. The summed E-state index contributed by atoms with van der Waals surface area (Å²) in [6.07, 6.45) is 7.06. The Balaban J connectivity index is 1.30. The number of hydrogen-bond donors (Lipinski definition) is 1. The van der Waals surface area contributed by atoms with E-state index < -0.39 is 4.92 Å². The maximum Gasteiger partial charge on any atom is 0.312 e. The summed E-state index contributed by atoms with van der Waals surface area (Å²) < 4.78 is 1.62. The van der Waals surface area contributed by atoms with Crippen molar-refractivity contribution in [1.82, 2.24) is 20.0 Å². The minimum atomic E-state index is -0.402. The lowest BCUT2D eigenvalue weighted by atomic mass is 9.88. The fourth-order valence-electron chi connectivity index (χ4n) is 5.12. The topological polar surface area (TPSA) is 110 Å². The van der Waals surface area contributed by atoms with Gasteiger partial charge in [0.1, 0.15) is 11.4 Å². The summed E-state index contributed by atoms with van der Waals surface area (Å²) in [7, 11) is 0. The molecule has 1 saturated heterocycles. The third-order valence-corrected chi connectivity index (χ3v) is 7.16. The molecular formula is C25H33N5O4. The molecule has 1 aromatic carbocycles. The first-order chi connectivity index (χ1) is 16.3. The van der Waals surface area contributed by atoms with E-state index in [-0.39, 0.29) is 29.5 Å². The van der Waals surface area contributed by atoms with Crippen molar-refractivity contribution in [3.63, 3.8) is 0 Å². The summed E-state index contributed by atoms with van der Waals surface area (Å²) in [6, 6.07) is 7.48. The van der Waals surface area contributed by atoms with E-state index >= 15 is 0 Å². The van der Waals surface area contributed by atoms with E-state index in [1.807, 2.05) is 17.0 Å². The highest BCUT2D eigenvalue weighted by Crippen LogP contribution is 2.25. The first-order valence-electron chi connectivity index (χ1n) is 12.2. The van der Waals surface area contributed by atoms with Crippen LogP contribution in [0.15, 0.2) is 24.3 Å². The Labute approximate surface area is 199 Å². The normalized spacial score (nSPS) is 17.5. The number of nitrogens with one attached hydrogen (secondary N) is 1. The summed E-state index contributed by atoms with van der Waals surface area (Å²) in [6.45, 7) is 4.99. The predicted octanol–water partition coefficient (Wildman–Crippen LogP) is 3.76. The predicted molar refractivity (Wildman–Crippen MR) is 128 cm³/mol. The molecule has 2 fully saturated rings. The van der Waals surface area contributed by atoms with E-state index in [1.54, 1.807) is 30.7 Å². The zero-order chi connectivity index (χ0) is 24.2. The number of carbonyl (C=O) groups is 2. The van der Waals surface area contributed by atoms with Crippen molar-refractivity contribution in [2.24, 2.45) is 5.92 Å². The van der Waals surface area contributed by atoms with Gasteiger partial charge in [-0.25, -0.2) is 0 Å². The van der Waals surface area contributed by atoms with Crippen molar-refractivity contribution in [3.05, 3.63) is 56.9 Å². The molecule has 0 spiro atoms. The Hall–Kier alpha value is -3.23. The summed E-state index contributed by atoms with van der Waals surface area (Å²) in [5.41, 5.74) is 2.49. The summed E-state index contributed by atoms with van der Waals surface area (Å²) in [5.74, 6) is 0.339. The van der Waals surface area contributed by atoms with Crippen molar-refractivity contribution >= 4 is 17.5 Å². The van der Waals surface area contributed by atoms with Gasteiger partial charge in [0.05, 0.1) is 11.5 Å². The molecule has 9 heteroatoms. The second kappa shape index (κ2) is 10.4. The van der Waals surface area contributed by atoms with Gasteiger partial charge in [0.2, 0.25) is 5.91 Å². The Morgan fingerprint density at radius 1 is 1.06 bits per heavy atom.